The summed E-state index contributed by atoms with van der Waals surface area (Å²) in [7, 11) is 0. The molecule has 2 aromatic rings. The Morgan fingerprint density at radius 3 is 2.30 bits per heavy atom. The van der Waals surface area contributed by atoms with E-state index >= 15 is 0 Å². The molecule has 9 heteroatoms. The maximum atomic E-state index is 12.7. The average molecular weight is 422 g/mol. The minimum Gasteiger partial charge on any atom is -0.444 e. The number of aromatic nitrogens is 2. The van der Waals surface area contributed by atoms with Crippen LogP contribution in [0.1, 0.15) is 39.2 Å². The van der Waals surface area contributed by atoms with Crippen LogP contribution in [-0.4, -0.2) is 45.7 Å². The SMILES string of the molecule is CC(C)(C)OC(=O)N1CCC(Nc2nccc(-c3ccc(C(F)(F)F)cc3)n2)CC1. The predicted molar refractivity (Wildman–Crippen MR) is 107 cm³/mol. The van der Waals surface area contributed by atoms with Crippen LogP contribution < -0.4 is 5.32 Å². The number of piperidine rings is 1. The van der Waals surface area contributed by atoms with Crippen molar-refractivity contribution in [2.45, 2.75) is 51.4 Å². The summed E-state index contributed by atoms with van der Waals surface area (Å²) in [5, 5.41) is 3.25. The van der Waals surface area contributed by atoms with Gasteiger partial charge in [-0.3, -0.25) is 0 Å². The number of halogens is 3. The number of carbonyl (C=O) groups excluding carboxylic acids is 1. The van der Waals surface area contributed by atoms with Gasteiger partial charge in [0.1, 0.15) is 5.60 Å². The molecule has 3 rings (SSSR count). The first kappa shape index (κ1) is 21.9. The van der Waals surface area contributed by atoms with Gasteiger partial charge in [0.2, 0.25) is 5.95 Å². The molecule has 2 heterocycles. The minimum absolute atomic E-state index is 0.0894. The lowest BCUT2D eigenvalue weighted by molar-refractivity contribution is -0.137. The van der Waals surface area contributed by atoms with Gasteiger partial charge in [0, 0.05) is 30.9 Å². The number of alkyl halides is 3. The molecule has 1 aromatic heterocycles. The Hall–Kier alpha value is -2.84. The Labute approximate surface area is 173 Å². The van der Waals surface area contributed by atoms with Crippen molar-refractivity contribution in [3.63, 3.8) is 0 Å². The number of hydrogen-bond donors (Lipinski definition) is 1. The summed E-state index contributed by atoms with van der Waals surface area (Å²) in [6.07, 6.45) is -1.69. The third kappa shape index (κ3) is 5.84. The lowest BCUT2D eigenvalue weighted by Crippen LogP contribution is -2.44. The van der Waals surface area contributed by atoms with Crippen molar-refractivity contribution < 1.29 is 22.7 Å². The monoisotopic (exact) mass is 422 g/mol. The fraction of sp³-hybridized carbons (Fsp3) is 0.476. The molecule has 0 bridgehead atoms. The van der Waals surface area contributed by atoms with E-state index in [0.717, 1.165) is 12.1 Å². The van der Waals surface area contributed by atoms with E-state index in [9.17, 15) is 18.0 Å². The fourth-order valence-electron chi connectivity index (χ4n) is 3.13. The van der Waals surface area contributed by atoms with E-state index in [2.05, 4.69) is 15.3 Å². The number of rotatable bonds is 3. The molecule has 0 spiro atoms. The molecule has 1 N–H and O–H groups in total. The molecular formula is C21H25F3N4O2. The molecule has 1 fully saturated rings. The smallest absolute Gasteiger partial charge is 0.416 e. The summed E-state index contributed by atoms with van der Waals surface area (Å²) >= 11 is 0. The number of amides is 1. The third-order valence-electron chi connectivity index (χ3n) is 4.64. The maximum absolute atomic E-state index is 12.7. The highest BCUT2D eigenvalue weighted by Gasteiger charge is 2.30. The highest BCUT2D eigenvalue weighted by Crippen LogP contribution is 2.30. The highest BCUT2D eigenvalue weighted by molar-refractivity contribution is 5.68. The van der Waals surface area contributed by atoms with Crippen LogP contribution in [0.15, 0.2) is 36.5 Å². The number of benzene rings is 1. The van der Waals surface area contributed by atoms with E-state index in [4.69, 9.17) is 4.74 Å². The first-order valence-electron chi connectivity index (χ1n) is 9.76. The molecule has 162 valence electrons. The molecule has 6 nitrogen and oxygen atoms in total. The normalized spacial score (nSPS) is 15.7. The second-order valence-electron chi connectivity index (χ2n) is 8.23. The van der Waals surface area contributed by atoms with Gasteiger partial charge in [0.15, 0.2) is 0 Å². The predicted octanol–water partition coefficient (Wildman–Crippen LogP) is 4.97. The van der Waals surface area contributed by atoms with Crippen LogP contribution in [-0.2, 0) is 10.9 Å². The van der Waals surface area contributed by atoms with Crippen LogP contribution in [0.2, 0.25) is 0 Å². The standard InChI is InChI=1S/C21H25F3N4O2/c1-20(2,3)30-19(29)28-12-9-16(10-13-28)26-18-25-11-8-17(27-18)14-4-6-15(7-5-14)21(22,23)24/h4-8,11,16H,9-10,12-13H2,1-3H3,(H,25,26,27). The zero-order valence-corrected chi connectivity index (χ0v) is 17.2. The molecule has 1 aliphatic rings. The molecule has 0 unspecified atom stereocenters. The van der Waals surface area contributed by atoms with E-state index in [1.165, 1.54) is 12.1 Å². The van der Waals surface area contributed by atoms with Crippen LogP contribution in [0, 0.1) is 0 Å². The Morgan fingerprint density at radius 2 is 1.73 bits per heavy atom. The summed E-state index contributed by atoms with van der Waals surface area (Å²) in [5.41, 5.74) is -0.116. The molecule has 1 aromatic carbocycles. The average Bonchev–Trinajstić information content (AvgIpc) is 2.67. The van der Waals surface area contributed by atoms with E-state index in [1.807, 2.05) is 20.8 Å². The number of hydrogen-bond acceptors (Lipinski definition) is 5. The summed E-state index contributed by atoms with van der Waals surface area (Å²) in [6, 6.07) is 6.61. The first-order chi connectivity index (χ1) is 14.0. The molecular weight excluding hydrogens is 397 g/mol. The van der Waals surface area contributed by atoms with Gasteiger partial charge in [-0.1, -0.05) is 12.1 Å². The van der Waals surface area contributed by atoms with Gasteiger partial charge in [-0.15, -0.1) is 0 Å². The summed E-state index contributed by atoms with van der Waals surface area (Å²) in [6.45, 7) is 6.62. The van der Waals surface area contributed by atoms with Gasteiger partial charge in [0.05, 0.1) is 11.3 Å². The Kier molecular flexibility index (Phi) is 6.19. The highest BCUT2D eigenvalue weighted by atomic mass is 19.4. The van der Waals surface area contributed by atoms with Crippen molar-refractivity contribution in [3.05, 3.63) is 42.1 Å². The van der Waals surface area contributed by atoms with E-state index < -0.39 is 17.3 Å². The van der Waals surface area contributed by atoms with Crippen LogP contribution in [0.5, 0.6) is 0 Å². The van der Waals surface area contributed by atoms with Gasteiger partial charge >= 0.3 is 12.3 Å². The second-order valence-corrected chi connectivity index (χ2v) is 8.23. The molecule has 30 heavy (non-hydrogen) atoms. The van der Waals surface area contributed by atoms with Crippen LogP contribution in [0.3, 0.4) is 0 Å². The maximum Gasteiger partial charge on any atom is 0.416 e. The summed E-state index contributed by atoms with van der Waals surface area (Å²) < 4.78 is 43.6. The molecule has 1 aliphatic heterocycles. The van der Waals surface area contributed by atoms with Gasteiger partial charge in [-0.2, -0.15) is 13.2 Å². The van der Waals surface area contributed by atoms with E-state index in [1.54, 1.807) is 17.2 Å². The van der Waals surface area contributed by atoms with Crippen LogP contribution >= 0.6 is 0 Å². The van der Waals surface area contributed by atoms with Gasteiger partial charge in [-0.25, -0.2) is 14.8 Å². The van der Waals surface area contributed by atoms with Crippen molar-refractivity contribution in [3.8, 4) is 11.3 Å². The molecule has 1 amide bonds. The van der Waals surface area contributed by atoms with Crippen molar-refractivity contribution in [1.82, 2.24) is 14.9 Å². The molecule has 0 saturated carbocycles. The van der Waals surface area contributed by atoms with Crippen molar-refractivity contribution in [1.29, 1.82) is 0 Å². The van der Waals surface area contributed by atoms with Gasteiger partial charge in [-0.05, 0) is 51.8 Å². The van der Waals surface area contributed by atoms with Crippen molar-refractivity contribution in [2.24, 2.45) is 0 Å². The Balaban J connectivity index is 1.59. The molecule has 0 atom stereocenters. The largest absolute Gasteiger partial charge is 0.444 e. The van der Waals surface area contributed by atoms with Crippen molar-refractivity contribution >= 4 is 12.0 Å². The minimum atomic E-state index is -4.37. The molecule has 0 aliphatic carbocycles. The number of likely N-dealkylation sites (tertiary alicyclic amines) is 1. The fourth-order valence-corrected chi connectivity index (χ4v) is 3.13. The molecule has 1 saturated heterocycles. The number of carbonyl (C=O) groups is 1. The van der Waals surface area contributed by atoms with E-state index in [0.29, 0.717) is 43.1 Å². The van der Waals surface area contributed by atoms with Gasteiger partial charge in [0.25, 0.3) is 0 Å². The number of ether oxygens (including phenoxy) is 1. The second kappa shape index (κ2) is 8.49. The Morgan fingerprint density at radius 1 is 1.10 bits per heavy atom. The molecule has 0 radical (unpaired) electrons. The zero-order valence-electron chi connectivity index (χ0n) is 17.2. The van der Waals surface area contributed by atoms with Crippen LogP contribution in [0.4, 0.5) is 23.9 Å². The lowest BCUT2D eigenvalue weighted by Gasteiger charge is -2.33. The number of anilines is 1. The Bertz CT molecular complexity index is 871. The summed E-state index contributed by atoms with van der Waals surface area (Å²) in [4.78, 5) is 22.5. The number of nitrogens with zero attached hydrogens (tertiary/aromatic N) is 3. The quantitative estimate of drug-likeness (QED) is 0.756. The van der Waals surface area contributed by atoms with Crippen LogP contribution in [0.25, 0.3) is 11.3 Å². The lowest BCUT2D eigenvalue weighted by atomic mass is 10.1. The topological polar surface area (TPSA) is 67.3 Å². The van der Waals surface area contributed by atoms with Gasteiger partial charge < -0.3 is 15.0 Å². The first-order valence-corrected chi connectivity index (χ1v) is 9.76. The zero-order chi connectivity index (χ0) is 21.9. The van der Waals surface area contributed by atoms with E-state index in [-0.39, 0.29) is 12.1 Å². The third-order valence-corrected chi connectivity index (χ3v) is 4.64. The van der Waals surface area contributed by atoms with Crippen molar-refractivity contribution in [2.75, 3.05) is 18.4 Å². The summed E-state index contributed by atoms with van der Waals surface area (Å²) in [5.74, 6) is 0.406. The number of nitrogens with one attached hydrogen (secondary N) is 1.